The van der Waals surface area contributed by atoms with Crippen molar-refractivity contribution in [2.45, 2.75) is 182 Å². The topological polar surface area (TPSA) is 259 Å². The lowest BCUT2D eigenvalue weighted by Crippen LogP contribution is -2.63. The van der Waals surface area contributed by atoms with Crippen LogP contribution < -0.4 is 48.3 Å². The number of benzene rings is 1. The zero-order valence-corrected chi connectivity index (χ0v) is 40.8. The van der Waals surface area contributed by atoms with Gasteiger partial charge in [0, 0.05) is 6.42 Å². The SMILES string of the molecule is CCC(C)[C@H]1NC(=O)[C@@H](CCCCN)NC(=O)[C@@H]([C@H](C)CC)NC(=O)[C@H]([C@@H](C)CC)NC(=O)[C@@H](C)NC(=O)[C@H]([C@@H](C)CC)NC(=O)[C@@H](CC(C)C)NC(=O)[C@@H](Cc2ccccc2)NC1=O. The van der Waals surface area contributed by atoms with E-state index in [1.807, 2.05) is 59.7 Å². The molecule has 0 aromatic heterocycles. The van der Waals surface area contributed by atoms with Crippen molar-refractivity contribution in [3.05, 3.63) is 35.9 Å². The molecule has 1 fully saturated rings. The lowest BCUT2D eigenvalue weighted by Gasteiger charge is -2.32. The van der Waals surface area contributed by atoms with Gasteiger partial charge >= 0.3 is 0 Å². The van der Waals surface area contributed by atoms with Gasteiger partial charge in [0.15, 0.2) is 0 Å². The van der Waals surface area contributed by atoms with Crippen LogP contribution in [0.1, 0.15) is 133 Å². The van der Waals surface area contributed by atoms with Crippen LogP contribution in [0.25, 0.3) is 0 Å². The third kappa shape index (κ3) is 17.7. The molecule has 2 rings (SSSR count). The second-order valence-electron chi connectivity index (χ2n) is 18.5. The van der Waals surface area contributed by atoms with Gasteiger partial charge in [0.25, 0.3) is 0 Å². The van der Waals surface area contributed by atoms with Crippen molar-refractivity contribution >= 4 is 47.3 Å². The van der Waals surface area contributed by atoms with Crippen molar-refractivity contribution in [3.63, 3.8) is 0 Å². The molecule has 0 radical (unpaired) electrons. The number of amides is 8. The molecule has 0 spiro atoms. The molecule has 65 heavy (non-hydrogen) atoms. The molecular weight excluding hydrogens is 831 g/mol. The zero-order valence-electron chi connectivity index (χ0n) is 40.8. The molecule has 17 nitrogen and oxygen atoms in total. The highest BCUT2D eigenvalue weighted by atomic mass is 16.2. The Morgan fingerprint density at radius 1 is 0.462 bits per heavy atom. The maximum absolute atomic E-state index is 14.4. The van der Waals surface area contributed by atoms with Crippen molar-refractivity contribution in [1.29, 1.82) is 0 Å². The first-order chi connectivity index (χ1) is 30.7. The van der Waals surface area contributed by atoms with Gasteiger partial charge in [-0.15, -0.1) is 0 Å². The third-order valence-corrected chi connectivity index (χ3v) is 12.8. The van der Waals surface area contributed by atoms with E-state index in [2.05, 4.69) is 42.5 Å². The van der Waals surface area contributed by atoms with Crippen LogP contribution in [-0.4, -0.2) is 102 Å². The smallest absolute Gasteiger partial charge is 0.243 e. The molecule has 1 heterocycles. The van der Waals surface area contributed by atoms with Gasteiger partial charge in [-0.25, -0.2) is 0 Å². The Hall–Kier alpha value is -5.06. The number of nitrogens with two attached hydrogens (primary N) is 1. The van der Waals surface area contributed by atoms with Gasteiger partial charge in [0.05, 0.1) is 0 Å². The minimum absolute atomic E-state index is 0.0475. The Bertz CT molecular complexity index is 1730. The Morgan fingerprint density at radius 3 is 1.28 bits per heavy atom. The summed E-state index contributed by atoms with van der Waals surface area (Å²) in [7, 11) is 0. The van der Waals surface area contributed by atoms with E-state index in [-0.39, 0.29) is 25.2 Å². The van der Waals surface area contributed by atoms with Crippen molar-refractivity contribution in [2.75, 3.05) is 6.54 Å². The molecule has 1 saturated heterocycles. The van der Waals surface area contributed by atoms with Gasteiger partial charge in [0.2, 0.25) is 47.3 Å². The first-order valence-electron chi connectivity index (χ1n) is 23.9. The number of hydrogen-bond acceptors (Lipinski definition) is 9. The van der Waals surface area contributed by atoms with Crippen LogP contribution in [0, 0.1) is 29.6 Å². The van der Waals surface area contributed by atoms with Gasteiger partial charge in [-0.2, -0.15) is 0 Å². The van der Waals surface area contributed by atoms with Gasteiger partial charge in [-0.1, -0.05) is 125 Å². The number of unbranched alkanes of at least 4 members (excludes halogenated alkanes) is 1. The molecule has 0 saturated carbocycles. The monoisotopic (exact) mass is 912 g/mol. The van der Waals surface area contributed by atoms with E-state index < -0.39 is 119 Å². The predicted octanol–water partition coefficient (Wildman–Crippen LogP) is 2.50. The first kappa shape index (κ1) is 56.1. The molecule has 8 amide bonds. The molecule has 0 aliphatic carbocycles. The van der Waals surface area contributed by atoms with Crippen LogP contribution in [0.15, 0.2) is 30.3 Å². The van der Waals surface area contributed by atoms with Crippen LogP contribution in [0.3, 0.4) is 0 Å². The highest BCUT2D eigenvalue weighted by Crippen LogP contribution is 2.17. The number of carbonyl (C=O) groups excluding carboxylic acids is 8. The average Bonchev–Trinajstić information content (AvgIpc) is 3.28. The Balaban J connectivity index is 2.81. The Morgan fingerprint density at radius 2 is 0.831 bits per heavy atom. The highest BCUT2D eigenvalue weighted by molar-refractivity contribution is 5.99. The number of hydrogen-bond donors (Lipinski definition) is 9. The molecular formula is C48H81N9O8. The molecule has 1 aromatic carbocycles. The van der Waals surface area contributed by atoms with Crippen LogP contribution >= 0.6 is 0 Å². The van der Waals surface area contributed by atoms with Crippen LogP contribution in [0.5, 0.6) is 0 Å². The molecule has 1 aliphatic heterocycles. The first-order valence-corrected chi connectivity index (χ1v) is 23.9. The molecule has 0 bridgehead atoms. The quantitative estimate of drug-likeness (QED) is 0.110. The summed E-state index contributed by atoms with van der Waals surface area (Å²) in [4.78, 5) is 113. The van der Waals surface area contributed by atoms with Crippen LogP contribution in [0.2, 0.25) is 0 Å². The fraction of sp³-hybridized carbons (Fsp3) is 0.708. The molecule has 10 N–H and O–H groups in total. The number of rotatable bonds is 16. The maximum atomic E-state index is 14.4. The third-order valence-electron chi connectivity index (χ3n) is 12.8. The van der Waals surface area contributed by atoms with Crippen molar-refractivity contribution in [2.24, 2.45) is 35.3 Å². The predicted molar refractivity (Wildman–Crippen MR) is 251 cm³/mol. The van der Waals surface area contributed by atoms with E-state index in [9.17, 15) is 38.4 Å². The van der Waals surface area contributed by atoms with E-state index >= 15 is 0 Å². The summed E-state index contributed by atoms with van der Waals surface area (Å²) in [5, 5.41) is 22.6. The minimum Gasteiger partial charge on any atom is -0.343 e. The Labute approximate surface area is 387 Å². The van der Waals surface area contributed by atoms with E-state index in [0.29, 0.717) is 45.1 Å². The van der Waals surface area contributed by atoms with E-state index in [0.717, 1.165) is 5.56 Å². The van der Waals surface area contributed by atoms with Crippen molar-refractivity contribution in [1.82, 2.24) is 42.5 Å². The second kappa shape index (κ2) is 28.1. The van der Waals surface area contributed by atoms with Gasteiger partial charge < -0.3 is 48.3 Å². The number of carbonyl (C=O) groups is 8. The fourth-order valence-corrected chi connectivity index (χ4v) is 7.52. The summed E-state index contributed by atoms with van der Waals surface area (Å²) in [6, 6.07) is -0.0336. The van der Waals surface area contributed by atoms with Gasteiger partial charge in [-0.05, 0) is 74.3 Å². The molecule has 1 unspecified atom stereocenters. The molecule has 1 aromatic rings. The molecule has 17 heteroatoms. The van der Waals surface area contributed by atoms with E-state index in [1.54, 1.807) is 39.8 Å². The summed E-state index contributed by atoms with van der Waals surface area (Å²) in [6.45, 7) is 20.2. The van der Waals surface area contributed by atoms with Gasteiger partial charge in [-0.3, -0.25) is 38.4 Å². The maximum Gasteiger partial charge on any atom is 0.243 e. The standard InChI is InChI=1S/C48H81N9O8/c1-12-28(7)37-45(62)50-32(11)41(58)54-40(31(10)15-4)48(65)57-39(30(9)14-3)46(63)51-34(23-19-20-24-49)42(59)55-38(29(8)13-2)47(64)53-36(26-33-21-17-16-18-22-33)43(60)52-35(25-27(5)6)44(61)56-37/h16-18,21-22,27-32,34-40H,12-15,19-20,23-26,49H2,1-11H3,(H,50,62)(H,51,63)(H,52,60)(H,53,64)(H,54,58)(H,55,59)(H,56,61)(H,57,65)/t28-,29?,30+,31-,32+,34+,35+,36+,37-,38+,39+,40-/m0/s1. The molecule has 12 atom stereocenters. The normalized spacial score (nSPS) is 27.0. The lowest BCUT2D eigenvalue weighted by molar-refractivity contribution is -0.138. The van der Waals surface area contributed by atoms with Gasteiger partial charge in [0.1, 0.15) is 48.3 Å². The summed E-state index contributed by atoms with van der Waals surface area (Å²) < 4.78 is 0. The fourth-order valence-electron chi connectivity index (χ4n) is 7.52. The van der Waals surface area contributed by atoms with E-state index in [1.165, 1.54) is 6.92 Å². The number of nitrogens with one attached hydrogen (secondary N) is 8. The summed E-state index contributed by atoms with van der Waals surface area (Å²) in [5.74, 6) is -6.79. The Kier molecular flexibility index (Phi) is 24.2. The molecule has 366 valence electrons. The van der Waals surface area contributed by atoms with Crippen molar-refractivity contribution in [3.8, 4) is 0 Å². The lowest BCUT2D eigenvalue weighted by atomic mass is 9.94. The second-order valence-corrected chi connectivity index (χ2v) is 18.5. The molecule has 1 aliphatic rings. The van der Waals surface area contributed by atoms with Crippen LogP contribution in [-0.2, 0) is 44.8 Å². The average molecular weight is 912 g/mol. The zero-order chi connectivity index (χ0) is 49.0. The van der Waals surface area contributed by atoms with Crippen molar-refractivity contribution < 1.29 is 38.4 Å². The highest BCUT2D eigenvalue weighted by Gasteiger charge is 2.38. The van der Waals surface area contributed by atoms with E-state index in [4.69, 9.17) is 5.73 Å². The summed E-state index contributed by atoms with van der Waals surface area (Å²) in [5.41, 5.74) is 6.53. The minimum atomic E-state index is -1.20. The summed E-state index contributed by atoms with van der Waals surface area (Å²) >= 11 is 0. The van der Waals surface area contributed by atoms with Crippen LogP contribution in [0.4, 0.5) is 0 Å². The largest absolute Gasteiger partial charge is 0.343 e. The summed E-state index contributed by atoms with van der Waals surface area (Å²) in [6.07, 6.45) is 3.35.